The molecule has 0 saturated carbocycles. The van der Waals surface area contributed by atoms with Crippen LogP contribution in [0.5, 0.6) is 0 Å². The summed E-state index contributed by atoms with van der Waals surface area (Å²) in [6.45, 7) is 5.27. The van der Waals surface area contributed by atoms with Gasteiger partial charge in [0.2, 0.25) is 0 Å². The van der Waals surface area contributed by atoms with E-state index in [1.165, 1.54) is 83.5 Å². The zero-order valence-electron chi connectivity index (χ0n) is 18.8. The minimum Gasteiger partial charge on any atom is -0.756 e. The van der Waals surface area contributed by atoms with Crippen LogP contribution < -0.4 is 10.6 Å². The molecule has 0 fully saturated rings. The van der Waals surface area contributed by atoms with Crippen LogP contribution in [0.4, 0.5) is 0 Å². The highest BCUT2D eigenvalue weighted by molar-refractivity contribution is 7.45. The SMILES string of the molecule is CCCCCCCCCCC(CCCCCCCC)COP(=O)([O-])OCC[NH3+]. The quantitative estimate of drug-likeness (QED) is 0.181. The van der Waals surface area contributed by atoms with Crippen molar-refractivity contribution in [1.29, 1.82) is 0 Å². The molecule has 0 rings (SSSR count). The predicted octanol–water partition coefficient (Wildman–Crippen LogP) is 5.63. The molecule has 0 aromatic heterocycles. The van der Waals surface area contributed by atoms with Crippen molar-refractivity contribution in [1.82, 2.24) is 0 Å². The van der Waals surface area contributed by atoms with Crippen molar-refractivity contribution in [2.45, 2.75) is 117 Å². The van der Waals surface area contributed by atoms with Gasteiger partial charge < -0.3 is 19.7 Å². The maximum absolute atomic E-state index is 11.8. The highest BCUT2D eigenvalue weighted by Crippen LogP contribution is 2.39. The summed E-state index contributed by atoms with van der Waals surface area (Å²) in [6.07, 6.45) is 20.1. The Morgan fingerprint density at radius 2 is 1.18 bits per heavy atom. The van der Waals surface area contributed by atoms with Crippen molar-refractivity contribution < 1.29 is 24.2 Å². The van der Waals surface area contributed by atoms with E-state index in [0.717, 1.165) is 19.3 Å². The zero-order valence-corrected chi connectivity index (χ0v) is 19.7. The lowest BCUT2D eigenvalue weighted by molar-refractivity contribution is -0.373. The number of unbranched alkanes of at least 4 members (excludes halogenated alkanes) is 12. The molecule has 2 atom stereocenters. The van der Waals surface area contributed by atoms with Crippen LogP contribution in [0.15, 0.2) is 0 Å². The van der Waals surface area contributed by atoms with Crippen molar-refractivity contribution in [3.63, 3.8) is 0 Å². The summed E-state index contributed by atoms with van der Waals surface area (Å²) in [7, 11) is -4.17. The molecule has 170 valence electrons. The Labute approximate surface area is 174 Å². The monoisotopic (exact) mass is 421 g/mol. The molecule has 0 aliphatic rings. The Bertz CT molecular complexity index is 368. The van der Waals surface area contributed by atoms with Crippen molar-refractivity contribution in [3.8, 4) is 0 Å². The average molecular weight is 422 g/mol. The topological polar surface area (TPSA) is 86.2 Å². The van der Waals surface area contributed by atoms with E-state index in [1.807, 2.05) is 0 Å². The number of hydrogen-bond donors (Lipinski definition) is 1. The van der Waals surface area contributed by atoms with Gasteiger partial charge in [0.15, 0.2) is 0 Å². The van der Waals surface area contributed by atoms with Crippen LogP contribution in [0.2, 0.25) is 0 Å². The first-order valence-corrected chi connectivity index (χ1v) is 13.4. The Hall–Kier alpha value is 0.0700. The molecule has 0 bridgehead atoms. The number of phosphoric ester groups is 1. The summed E-state index contributed by atoms with van der Waals surface area (Å²) in [6, 6.07) is 0. The highest BCUT2D eigenvalue weighted by atomic mass is 31.2. The van der Waals surface area contributed by atoms with Crippen LogP contribution in [-0.4, -0.2) is 19.8 Å². The zero-order chi connectivity index (χ0) is 20.9. The minimum atomic E-state index is -4.17. The predicted molar refractivity (Wildman–Crippen MR) is 116 cm³/mol. The van der Waals surface area contributed by atoms with Crippen LogP contribution in [-0.2, 0) is 13.6 Å². The minimum absolute atomic E-state index is 0.0981. The fourth-order valence-corrected chi connectivity index (χ4v) is 4.32. The van der Waals surface area contributed by atoms with Gasteiger partial charge in [0, 0.05) is 0 Å². The van der Waals surface area contributed by atoms with Gasteiger partial charge >= 0.3 is 0 Å². The van der Waals surface area contributed by atoms with Crippen molar-refractivity contribution in [2.24, 2.45) is 5.92 Å². The van der Waals surface area contributed by atoms with Crippen molar-refractivity contribution >= 4 is 7.82 Å². The summed E-state index contributed by atoms with van der Waals surface area (Å²) < 4.78 is 21.8. The van der Waals surface area contributed by atoms with Crippen LogP contribution in [0.3, 0.4) is 0 Å². The second-order valence-corrected chi connectivity index (χ2v) is 9.53. The molecular formula is C22H48NO4P. The molecule has 0 aliphatic heterocycles. The van der Waals surface area contributed by atoms with Gasteiger partial charge in [-0.3, -0.25) is 4.57 Å². The summed E-state index contributed by atoms with van der Waals surface area (Å²) in [5, 5.41) is 0. The number of quaternary nitrogens is 1. The van der Waals surface area contributed by atoms with E-state index in [0.29, 0.717) is 12.5 Å². The largest absolute Gasteiger partial charge is 0.756 e. The third kappa shape index (κ3) is 19.4. The van der Waals surface area contributed by atoms with Crippen LogP contribution >= 0.6 is 7.82 Å². The maximum atomic E-state index is 11.8. The fourth-order valence-electron chi connectivity index (χ4n) is 3.50. The fraction of sp³-hybridized carbons (Fsp3) is 1.00. The van der Waals surface area contributed by atoms with Gasteiger partial charge in [-0.05, 0) is 18.8 Å². The lowest BCUT2D eigenvalue weighted by atomic mass is 9.95. The van der Waals surface area contributed by atoms with E-state index in [4.69, 9.17) is 9.05 Å². The average Bonchev–Trinajstić information content (AvgIpc) is 2.68. The number of rotatable bonds is 22. The molecule has 0 heterocycles. The van der Waals surface area contributed by atoms with Gasteiger partial charge in [0.25, 0.3) is 7.82 Å². The van der Waals surface area contributed by atoms with Gasteiger partial charge in [0.05, 0.1) is 13.2 Å². The van der Waals surface area contributed by atoms with Gasteiger partial charge in [0.1, 0.15) is 6.61 Å². The van der Waals surface area contributed by atoms with E-state index in [-0.39, 0.29) is 13.2 Å². The van der Waals surface area contributed by atoms with Crippen LogP contribution in [0, 0.1) is 5.92 Å². The molecular weight excluding hydrogens is 373 g/mol. The Morgan fingerprint density at radius 1 is 0.750 bits per heavy atom. The van der Waals surface area contributed by atoms with E-state index in [1.54, 1.807) is 0 Å². The molecule has 0 aromatic rings. The Kier molecular flexibility index (Phi) is 20.4. The standard InChI is InChI=1S/C22H48NO4P/c1-3-5-7-9-11-12-14-16-18-22(17-15-13-10-8-6-4-2)21-27-28(24,25)26-20-19-23/h22H,3-21,23H2,1-2H3,(H,24,25). The summed E-state index contributed by atoms with van der Waals surface area (Å²) in [5.74, 6) is 0.317. The molecule has 5 nitrogen and oxygen atoms in total. The molecule has 0 saturated heterocycles. The normalized spacial score (nSPS) is 14.9. The maximum Gasteiger partial charge on any atom is 0.268 e. The first-order chi connectivity index (χ1) is 13.6. The summed E-state index contributed by atoms with van der Waals surface area (Å²) >= 11 is 0. The lowest BCUT2D eigenvalue weighted by Crippen LogP contribution is -2.52. The number of hydrogen-bond acceptors (Lipinski definition) is 4. The third-order valence-corrected chi connectivity index (χ3v) is 6.26. The Morgan fingerprint density at radius 3 is 1.61 bits per heavy atom. The molecule has 0 spiro atoms. The number of phosphoric acid groups is 1. The molecule has 0 aliphatic carbocycles. The van der Waals surface area contributed by atoms with Gasteiger partial charge in [-0.1, -0.05) is 104 Å². The molecule has 0 amide bonds. The first kappa shape index (κ1) is 28.1. The van der Waals surface area contributed by atoms with Gasteiger partial charge in [-0.2, -0.15) is 0 Å². The van der Waals surface area contributed by atoms with Crippen LogP contribution in [0.1, 0.15) is 117 Å². The van der Waals surface area contributed by atoms with E-state index < -0.39 is 7.82 Å². The first-order valence-electron chi connectivity index (χ1n) is 11.9. The molecule has 0 aromatic carbocycles. The summed E-state index contributed by atoms with van der Waals surface area (Å²) in [5.41, 5.74) is 3.60. The highest BCUT2D eigenvalue weighted by Gasteiger charge is 2.15. The molecule has 6 heteroatoms. The second-order valence-electron chi connectivity index (χ2n) is 8.12. The molecule has 3 N–H and O–H groups in total. The third-order valence-electron chi connectivity index (χ3n) is 5.29. The molecule has 28 heavy (non-hydrogen) atoms. The molecule has 0 radical (unpaired) electrons. The van der Waals surface area contributed by atoms with Crippen molar-refractivity contribution in [3.05, 3.63) is 0 Å². The van der Waals surface area contributed by atoms with E-state index >= 15 is 0 Å². The van der Waals surface area contributed by atoms with E-state index in [2.05, 4.69) is 19.6 Å². The van der Waals surface area contributed by atoms with Gasteiger partial charge in [-0.25, -0.2) is 0 Å². The Balaban J connectivity index is 4.08. The molecule has 2 unspecified atom stereocenters. The lowest BCUT2D eigenvalue weighted by Gasteiger charge is -2.25. The second kappa shape index (κ2) is 20.3. The smallest absolute Gasteiger partial charge is 0.268 e. The summed E-state index contributed by atoms with van der Waals surface area (Å²) in [4.78, 5) is 11.8. The van der Waals surface area contributed by atoms with Gasteiger partial charge in [-0.15, -0.1) is 0 Å². The van der Waals surface area contributed by atoms with E-state index in [9.17, 15) is 9.46 Å². The van der Waals surface area contributed by atoms with Crippen molar-refractivity contribution in [2.75, 3.05) is 19.8 Å². The van der Waals surface area contributed by atoms with Crippen LogP contribution in [0.25, 0.3) is 0 Å².